The van der Waals surface area contributed by atoms with Crippen molar-refractivity contribution in [1.82, 2.24) is 0 Å². The van der Waals surface area contributed by atoms with E-state index in [-0.39, 0.29) is 0 Å². The van der Waals surface area contributed by atoms with Crippen LogP contribution in [0, 0.1) is 0 Å². The molecule has 9 heavy (non-hydrogen) atoms. The van der Waals surface area contributed by atoms with Crippen molar-refractivity contribution < 1.29 is 14.6 Å². The molecule has 54 valence electrons. The molecule has 0 fully saturated rings. The molecule has 0 saturated carbocycles. The van der Waals surface area contributed by atoms with Crippen molar-refractivity contribution in [2.75, 3.05) is 6.61 Å². The first-order valence-electron chi connectivity index (χ1n) is 2.76. The summed E-state index contributed by atoms with van der Waals surface area (Å²) in [4.78, 5) is 18.1. The number of carbonyl (C=O) groups excluding carboxylic acids is 1. The van der Waals surface area contributed by atoms with E-state index in [9.17, 15) is 4.79 Å². The van der Waals surface area contributed by atoms with Crippen molar-refractivity contribution >= 4 is 17.0 Å². The topological polar surface area (TPSA) is 35.5 Å². The third-order valence-corrected chi connectivity index (χ3v) is 0.769. The number of carbonyl (C=O) groups is 1. The lowest BCUT2D eigenvalue weighted by atomic mass is 10.4. The van der Waals surface area contributed by atoms with Crippen molar-refractivity contribution in [1.29, 1.82) is 0 Å². The summed E-state index contributed by atoms with van der Waals surface area (Å²) in [6.07, 6.45) is 1.87. The van der Waals surface area contributed by atoms with Gasteiger partial charge in [-0.2, -0.15) is 4.89 Å². The zero-order chi connectivity index (χ0) is 7.11. The molecule has 0 bridgehead atoms. The van der Waals surface area contributed by atoms with Crippen molar-refractivity contribution in [3.63, 3.8) is 0 Å². The molecular formula is C5H9ClO3. The summed E-state index contributed by atoms with van der Waals surface area (Å²) >= 11 is 4.77. The highest BCUT2D eigenvalue weighted by atomic mass is 35.5. The van der Waals surface area contributed by atoms with Gasteiger partial charge in [0.25, 0.3) is 0 Å². The second-order valence-corrected chi connectivity index (χ2v) is 1.81. The van der Waals surface area contributed by atoms with Gasteiger partial charge in [0.1, 0.15) is 0 Å². The minimum Gasteiger partial charge on any atom is -0.280 e. The largest absolute Gasteiger partial charge is 0.435 e. The van der Waals surface area contributed by atoms with Crippen LogP contribution in [-0.4, -0.2) is 12.0 Å². The summed E-state index contributed by atoms with van der Waals surface area (Å²) in [5, 5.41) is 0. The van der Waals surface area contributed by atoms with Gasteiger partial charge in [-0.1, -0.05) is 13.3 Å². The van der Waals surface area contributed by atoms with Crippen LogP contribution in [0.3, 0.4) is 0 Å². The highest BCUT2D eigenvalue weighted by molar-refractivity contribution is 6.61. The molecule has 0 aliphatic rings. The van der Waals surface area contributed by atoms with E-state index < -0.39 is 5.43 Å². The van der Waals surface area contributed by atoms with Crippen LogP contribution in [0.25, 0.3) is 0 Å². The van der Waals surface area contributed by atoms with E-state index in [0.29, 0.717) is 6.61 Å². The smallest absolute Gasteiger partial charge is 0.280 e. The van der Waals surface area contributed by atoms with Crippen LogP contribution in [-0.2, 0) is 9.78 Å². The number of halogens is 1. The number of hydrogen-bond donors (Lipinski definition) is 0. The maximum absolute atomic E-state index is 9.83. The molecule has 0 aliphatic heterocycles. The van der Waals surface area contributed by atoms with Crippen LogP contribution >= 0.6 is 11.6 Å². The number of rotatable bonds is 4. The number of hydrogen-bond acceptors (Lipinski definition) is 3. The standard InChI is InChI=1S/C5H9ClO3/c1-2-3-4-8-9-5(6)7/h2-4H2,1H3. The lowest BCUT2D eigenvalue weighted by Crippen LogP contribution is -1.97. The maximum Gasteiger partial charge on any atom is 0.435 e. The highest BCUT2D eigenvalue weighted by Crippen LogP contribution is 1.91. The van der Waals surface area contributed by atoms with Gasteiger partial charge >= 0.3 is 5.43 Å². The average molecular weight is 153 g/mol. The van der Waals surface area contributed by atoms with E-state index in [2.05, 4.69) is 9.78 Å². The first-order valence-corrected chi connectivity index (χ1v) is 3.14. The Morgan fingerprint density at radius 1 is 1.67 bits per heavy atom. The van der Waals surface area contributed by atoms with Gasteiger partial charge in [-0.15, -0.1) is 0 Å². The van der Waals surface area contributed by atoms with Crippen LogP contribution in [0.4, 0.5) is 4.79 Å². The maximum atomic E-state index is 9.83. The summed E-state index contributed by atoms with van der Waals surface area (Å²) < 4.78 is 0. The Balaban J connectivity index is 2.83. The quantitative estimate of drug-likeness (QED) is 0.268. The molecule has 3 nitrogen and oxygen atoms in total. The molecule has 0 heterocycles. The molecule has 0 amide bonds. The Morgan fingerprint density at radius 3 is 2.78 bits per heavy atom. The third kappa shape index (κ3) is 7.72. The van der Waals surface area contributed by atoms with Gasteiger partial charge in [-0.3, -0.25) is 4.89 Å². The SMILES string of the molecule is CCCCOOC(=O)Cl. The second-order valence-electron chi connectivity index (χ2n) is 1.50. The number of unbranched alkanes of at least 4 members (excludes halogenated alkanes) is 1. The molecule has 0 N–H and O–H groups in total. The second kappa shape index (κ2) is 5.85. The molecule has 0 rings (SSSR count). The van der Waals surface area contributed by atoms with Crippen molar-refractivity contribution in [2.24, 2.45) is 0 Å². The van der Waals surface area contributed by atoms with E-state index in [1.54, 1.807) is 0 Å². The van der Waals surface area contributed by atoms with E-state index in [1.165, 1.54) is 0 Å². The molecule has 0 atom stereocenters. The average Bonchev–Trinajstić information content (AvgIpc) is 1.80. The lowest BCUT2D eigenvalue weighted by Gasteiger charge is -1.96. The van der Waals surface area contributed by atoms with Crippen LogP contribution < -0.4 is 0 Å². The Bertz CT molecular complexity index is 84.3. The van der Waals surface area contributed by atoms with Gasteiger partial charge in [-0.05, 0) is 6.42 Å². The highest BCUT2D eigenvalue weighted by Gasteiger charge is 1.93. The molecule has 0 saturated heterocycles. The fraction of sp³-hybridized carbons (Fsp3) is 0.800. The fourth-order valence-electron chi connectivity index (χ4n) is 0.291. The zero-order valence-corrected chi connectivity index (χ0v) is 5.98. The van der Waals surface area contributed by atoms with Gasteiger partial charge < -0.3 is 0 Å². The summed E-state index contributed by atoms with van der Waals surface area (Å²) in [6.45, 7) is 2.42. The Kier molecular flexibility index (Phi) is 5.67. The summed E-state index contributed by atoms with van der Waals surface area (Å²) in [7, 11) is 0. The molecule has 0 unspecified atom stereocenters. The van der Waals surface area contributed by atoms with Gasteiger partial charge in [0.2, 0.25) is 0 Å². The van der Waals surface area contributed by atoms with Crippen LogP contribution in [0.5, 0.6) is 0 Å². The fourth-order valence-corrected chi connectivity index (χ4v) is 0.336. The molecule has 0 aromatic rings. The molecule has 0 aromatic carbocycles. The first-order chi connectivity index (χ1) is 4.27. The van der Waals surface area contributed by atoms with E-state index in [0.717, 1.165) is 12.8 Å². The predicted molar refractivity (Wildman–Crippen MR) is 33.2 cm³/mol. The van der Waals surface area contributed by atoms with E-state index in [4.69, 9.17) is 11.6 Å². The molecule has 4 heteroatoms. The monoisotopic (exact) mass is 152 g/mol. The minimum absolute atomic E-state index is 0.412. The van der Waals surface area contributed by atoms with Gasteiger partial charge in [0.05, 0.1) is 6.61 Å². The van der Waals surface area contributed by atoms with Crippen molar-refractivity contribution in [3.05, 3.63) is 0 Å². The zero-order valence-electron chi connectivity index (χ0n) is 5.22. The summed E-state index contributed by atoms with van der Waals surface area (Å²) in [6, 6.07) is 0. The lowest BCUT2D eigenvalue weighted by molar-refractivity contribution is -0.231. The normalized spacial score (nSPS) is 9.11. The minimum atomic E-state index is -0.925. The third-order valence-electron chi connectivity index (χ3n) is 0.706. The Hall–Kier alpha value is -0.280. The van der Waals surface area contributed by atoms with Crippen LogP contribution in [0.1, 0.15) is 19.8 Å². The summed E-state index contributed by atoms with van der Waals surface area (Å²) in [5.41, 5.74) is -0.925. The van der Waals surface area contributed by atoms with Crippen LogP contribution in [0.2, 0.25) is 0 Å². The van der Waals surface area contributed by atoms with Crippen molar-refractivity contribution in [2.45, 2.75) is 19.8 Å². The molecule has 0 radical (unpaired) electrons. The molecule has 0 spiro atoms. The molecule has 0 aliphatic carbocycles. The first kappa shape index (κ1) is 8.72. The van der Waals surface area contributed by atoms with Crippen LogP contribution in [0.15, 0.2) is 0 Å². The van der Waals surface area contributed by atoms with E-state index in [1.807, 2.05) is 6.92 Å². The van der Waals surface area contributed by atoms with Gasteiger partial charge in [-0.25, -0.2) is 4.79 Å². The predicted octanol–water partition coefficient (Wildman–Crippen LogP) is 2.09. The Morgan fingerprint density at radius 2 is 2.33 bits per heavy atom. The van der Waals surface area contributed by atoms with Crippen molar-refractivity contribution in [3.8, 4) is 0 Å². The van der Waals surface area contributed by atoms with Gasteiger partial charge in [0.15, 0.2) is 0 Å². The molecular weight excluding hydrogens is 144 g/mol. The Labute approximate surface area is 58.8 Å². The van der Waals surface area contributed by atoms with Gasteiger partial charge in [0, 0.05) is 11.6 Å². The molecule has 0 aromatic heterocycles. The van der Waals surface area contributed by atoms with E-state index >= 15 is 0 Å². The summed E-state index contributed by atoms with van der Waals surface area (Å²) in [5.74, 6) is 0.